The van der Waals surface area contributed by atoms with Crippen molar-refractivity contribution in [3.63, 3.8) is 0 Å². The molecule has 18 heavy (non-hydrogen) atoms. The van der Waals surface area contributed by atoms with E-state index in [-0.39, 0.29) is 5.92 Å². The maximum absolute atomic E-state index is 11.5. The molecule has 0 saturated carbocycles. The van der Waals surface area contributed by atoms with Crippen LogP contribution < -0.4 is 10.6 Å². The lowest BCUT2D eigenvalue weighted by Gasteiger charge is -2.23. The molecule has 1 heterocycles. The number of aliphatic hydroxyl groups excluding tert-OH is 1. The van der Waals surface area contributed by atoms with Crippen molar-refractivity contribution in [2.75, 3.05) is 19.8 Å². The summed E-state index contributed by atoms with van der Waals surface area (Å²) in [6.45, 7) is 3.12. The molecule has 1 aliphatic rings. The molecule has 1 fully saturated rings. The number of aliphatic hydroxyl groups is 1. The molecule has 0 aromatic rings. The standard InChI is InChI=1S/C11H20N2O5/c1-7(14)9(10(15)16)13-11(17)12-5-8-3-2-4-18-6-8/h7-9,14H,2-6H2,1H3,(H,15,16)(H2,12,13,17)/t7-,8?,9+/m1/s1. The zero-order valence-corrected chi connectivity index (χ0v) is 10.4. The highest BCUT2D eigenvalue weighted by atomic mass is 16.5. The molecule has 0 spiro atoms. The SMILES string of the molecule is C[C@@H](O)[C@H](NC(=O)NCC1CCCOC1)C(=O)O. The van der Waals surface area contributed by atoms with Crippen molar-refractivity contribution in [1.82, 2.24) is 10.6 Å². The maximum Gasteiger partial charge on any atom is 0.328 e. The van der Waals surface area contributed by atoms with Gasteiger partial charge in [0.2, 0.25) is 0 Å². The number of rotatable bonds is 5. The molecule has 0 radical (unpaired) electrons. The molecular weight excluding hydrogens is 240 g/mol. The van der Waals surface area contributed by atoms with Crippen LogP contribution in [0.3, 0.4) is 0 Å². The highest BCUT2D eigenvalue weighted by Crippen LogP contribution is 2.11. The van der Waals surface area contributed by atoms with Crippen LogP contribution >= 0.6 is 0 Å². The number of ether oxygens (including phenoxy) is 1. The van der Waals surface area contributed by atoms with E-state index < -0.39 is 24.1 Å². The first-order valence-electron chi connectivity index (χ1n) is 6.03. The smallest absolute Gasteiger partial charge is 0.328 e. The third-order valence-electron chi connectivity index (χ3n) is 2.84. The Labute approximate surface area is 106 Å². The molecule has 7 heteroatoms. The van der Waals surface area contributed by atoms with Gasteiger partial charge in [0.1, 0.15) is 0 Å². The predicted octanol–water partition coefficient (Wildman–Crippen LogP) is -0.454. The summed E-state index contributed by atoms with van der Waals surface area (Å²) >= 11 is 0. The molecule has 4 N–H and O–H groups in total. The van der Waals surface area contributed by atoms with Gasteiger partial charge in [-0.25, -0.2) is 9.59 Å². The van der Waals surface area contributed by atoms with Gasteiger partial charge in [-0.2, -0.15) is 0 Å². The number of carboxylic acids is 1. The number of aliphatic carboxylic acids is 1. The number of hydrogen-bond acceptors (Lipinski definition) is 4. The van der Waals surface area contributed by atoms with Crippen LogP contribution in [0.2, 0.25) is 0 Å². The van der Waals surface area contributed by atoms with Crippen LogP contribution in [-0.4, -0.2) is 54.1 Å². The first-order valence-corrected chi connectivity index (χ1v) is 6.03. The van der Waals surface area contributed by atoms with E-state index in [0.717, 1.165) is 19.4 Å². The van der Waals surface area contributed by atoms with Crippen molar-refractivity contribution in [3.8, 4) is 0 Å². The molecule has 0 aromatic heterocycles. The van der Waals surface area contributed by atoms with E-state index in [1.807, 2.05) is 0 Å². The van der Waals surface area contributed by atoms with Gasteiger partial charge in [-0.3, -0.25) is 0 Å². The average molecular weight is 260 g/mol. The monoisotopic (exact) mass is 260 g/mol. The number of urea groups is 1. The fourth-order valence-corrected chi connectivity index (χ4v) is 1.79. The molecule has 7 nitrogen and oxygen atoms in total. The van der Waals surface area contributed by atoms with Crippen molar-refractivity contribution >= 4 is 12.0 Å². The maximum atomic E-state index is 11.5. The topological polar surface area (TPSA) is 108 Å². The van der Waals surface area contributed by atoms with E-state index in [2.05, 4.69) is 10.6 Å². The number of carbonyl (C=O) groups is 2. The van der Waals surface area contributed by atoms with E-state index in [1.165, 1.54) is 6.92 Å². The Morgan fingerprint density at radius 2 is 2.22 bits per heavy atom. The number of carbonyl (C=O) groups excluding carboxylic acids is 1. The highest BCUT2D eigenvalue weighted by molar-refractivity contribution is 5.82. The van der Waals surface area contributed by atoms with Crippen molar-refractivity contribution in [2.24, 2.45) is 5.92 Å². The Kier molecular flexibility index (Phi) is 5.87. The van der Waals surface area contributed by atoms with Gasteiger partial charge in [0, 0.05) is 13.2 Å². The molecule has 2 amide bonds. The van der Waals surface area contributed by atoms with Gasteiger partial charge in [-0.1, -0.05) is 0 Å². The summed E-state index contributed by atoms with van der Waals surface area (Å²) in [7, 11) is 0. The Morgan fingerprint density at radius 1 is 1.50 bits per heavy atom. The molecule has 3 atom stereocenters. The molecule has 0 bridgehead atoms. The summed E-state index contributed by atoms with van der Waals surface area (Å²) in [6, 6.07) is -1.89. The average Bonchev–Trinajstić information content (AvgIpc) is 2.34. The second-order valence-electron chi connectivity index (χ2n) is 4.49. The minimum Gasteiger partial charge on any atom is -0.480 e. The largest absolute Gasteiger partial charge is 0.480 e. The molecule has 0 aliphatic carbocycles. The summed E-state index contributed by atoms with van der Waals surface area (Å²) in [6.07, 6.45) is 0.810. The second kappa shape index (κ2) is 7.17. The lowest BCUT2D eigenvalue weighted by atomic mass is 10.0. The molecular formula is C11H20N2O5. The van der Waals surface area contributed by atoms with Gasteiger partial charge >= 0.3 is 12.0 Å². The first-order chi connectivity index (χ1) is 8.50. The number of carboxylic acid groups (broad SMARTS) is 1. The quantitative estimate of drug-likeness (QED) is 0.535. The predicted molar refractivity (Wildman–Crippen MR) is 63.2 cm³/mol. The Balaban J connectivity index is 2.29. The summed E-state index contributed by atoms with van der Waals surface area (Å²) < 4.78 is 5.27. The van der Waals surface area contributed by atoms with Crippen LogP contribution in [0, 0.1) is 5.92 Å². The zero-order chi connectivity index (χ0) is 13.5. The van der Waals surface area contributed by atoms with Gasteiger partial charge in [0.15, 0.2) is 6.04 Å². The molecule has 0 aromatic carbocycles. The summed E-state index contributed by atoms with van der Waals surface area (Å²) in [5.41, 5.74) is 0. The lowest BCUT2D eigenvalue weighted by Crippen LogP contribution is -2.52. The Bertz CT molecular complexity index is 289. The molecule has 1 saturated heterocycles. The lowest BCUT2D eigenvalue weighted by molar-refractivity contribution is -0.141. The summed E-state index contributed by atoms with van der Waals surface area (Å²) in [4.78, 5) is 22.2. The van der Waals surface area contributed by atoms with Gasteiger partial charge in [-0.05, 0) is 25.7 Å². The minimum absolute atomic E-state index is 0.263. The first kappa shape index (κ1) is 14.7. The fourth-order valence-electron chi connectivity index (χ4n) is 1.79. The van der Waals surface area contributed by atoms with Crippen LogP contribution in [0.25, 0.3) is 0 Å². The Morgan fingerprint density at radius 3 is 2.72 bits per heavy atom. The van der Waals surface area contributed by atoms with Crippen LogP contribution in [-0.2, 0) is 9.53 Å². The minimum atomic E-state index is -1.30. The second-order valence-corrected chi connectivity index (χ2v) is 4.49. The van der Waals surface area contributed by atoms with E-state index in [4.69, 9.17) is 9.84 Å². The Hall–Kier alpha value is -1.34. The third kappa shape index (κ3) is 4.89. The number of hydrogen-bond donors (Lipinski definition) is 4. The van der Waals surface area contributed by atoms with Gasteiger partial charge in [0.05, 0.1) is 12.7 Å². The van der Waals surface area contributed by atoms with Gasteiger partial charge in [0.25, 0.3) is 0 Å². The van der Waals surface area contributed by atoms with Crippen LogP contribution in [0.1, 0.15) is 19.8 Å². The van der Waals surface area contributed by atoms with E-state index in [0.29, 0.717) is 13.2 Å². The highest BCUT2D eigenvalue weighted by Gasteiger charge is 2.25. The van der Waals surface area contributed by atoms with Crippen LogP contribution in [0.4, 0.5) is 4.79 Å². The zero-order valence-electron chi connectivity index (χ0n) is 10.4. The van der Waals surface area contributed by atoms with Crippen LogP contribution in [0.5, 0.6) is 0 Å². The van der Waals surface area contributed by atoms with E-state index in [9.17, 15) is 14.7 Å². The summed E-state index contributed by atoms with van der Waals surface area (Å²) in [5, 5.41) is 22.8. The molecule has 1 unspecified atom stereocenters. The third-order valence-corrected chi connectivity index (χ3v) is 2.84. The van der Waals surface area contributed by atoms with Gasteiger partial charge in [-0.15, -0.1) is 0 Å². The van der Waals surface area contributed by atoms with Gasteiger partial charge < -0.3 is 25.6 Å². The fraction of sp³-hybridized carbons (Fsp3) is 0.818. The van der Waals surface area contributed by atoms with Crippen molar-refractivity contribution in [1.29, 1.82) is 0 Å². The molecule has 1 rings (SSSR count). The van der Waals surface area contributed by atoms with Crippen molar-refractivity contribution in [3.05, 3.63) is 0 Å². The van der Waals surface area contributed by atoms with Crippen molar-refractivity contribution < 1.29 is 24.5 Å². The molecule has 104 valence electrons. The normalized spacial score (nSPS) is 22.9. The van der Waals surface area contributed by atoms with Crippen molar-refractivity contribution in [2.45, 2.75) is 31.9 Å². The van der Waals surface area contributed by atoms with E-state index in [1.54, 1.807) is 0 Å². The molecule has 1 aliphatic heterocycles. The summed E-state index contributed by atoms with van der Waals surface area (Å²) in [5.74, 6) is -1.000. The van der Waals surface area contributed by atoms with Crippen LogP contribution in [0.15, 0.2) is 0 Å². The number of amides is 2. The van der Waals surface area contributed by atoms with E-state index >= 15 is 0 Å². The number of nitrogens with one attached hydrogen (secondary N) is 2.